The molecular weight excluding hydrogens is 360 g/mol. The molecule has 1 amide bonds. The van der Waals surface area contributed by atoms with Gasteiger partial charge in [-0.15, -0.1) is 0 Å². The Hall–Kier alpha value is -2.35. The number of nitro groups is 1. The van der Waals surface area contributed by atoms with Gasteiger partial charge in [0.05, 0.1) is 17.6 Å². The lowest BCUT2D eigenvalue weighted by molar-refractivity contribution is -0.383. The Labute approximate surface area is 165 Å². The predicted octanol–water partition coefficient (Wildman–Crippen LogP) is 2.96. The molecule has 0 bridgehead atoms. The van der Waals surface area contributed by atoms with Crippen LogP contribution >= 0.6 is 0 Å². The van der Waals surface area contributed by atoms with Gasteiger partial charge in [-0.1, -0.05) is 19.3 Å². The maximum Gasteiger partial charge on any atom is 0.293 e. The number of nitrogens with two attached hydrogens (primary N) is 1. The summed E-state index contributed by atoms with van der Waals surface area (Å²) in [4.78, 5) is 25.8. The highest BCUT2D eigenvalue weighted by atomic mass is 16.6. The first-order valence-electron chi connectivity index (χ1n) is 10.1. The fourth-order valence-corrected chi connectivity index (χ4v) is 4.35. The number of nitrogens with zero attached hydrogens (tertiary/aromatic N) is 2. The van der Waals surface area contributed by atoms with E-state index in [4.69, 9.17) is 10.5 Å². The van der Waals surface area contributed by atoms with Crippen molar-refractivity contribution in [2.45, 2.75) is 51.0 Å². The lowest BCUT2D eigenvalue weighted by atomic mass is 9.88. The number of carbonyl (C=O) groups excluding carboxylic acids is 1. The molecule has 28 heavy (non-hydrogen) atoms. The van der Waals surface area contributed by atoms with E-state index in [-0.39, 0.29) is 34.6 Å². The van der Waals surface area contributed by atoms with Crippen molar-refractivity contribution in [1.82, 2.24) is 10.2 Å². The summed E-state index contributed by atoms with van der Waals surface area (Å²) in [5.74, 6) is 0.709. The maximum absolute atomic E-state index is 12.7. The lowest BCUT2D eigenvalue weighted by Crippen LogP contribution is -2.46. The van der Waals surface area contributed by atoms with Crippen LogP contribution in [0.25, 0.3) is 0 Å². The second kappa shape index (κ2) is 9.23. The summed E-state index contributed by atoms with van der Waals surface area (Å²) in [5, 5.41) is 14.1. The SMILES string of the molecule is COc1cc(N)c([N+](=O)[O-])cc1C(=O)NC1CCN(CC2CCCCC2)CC1. The minimum absolute atomic E-state index is 0.0191. The second-order valence-electron chi connectivity index (χ2n) is 7.92. The first-order chi connectivity index (χ1) is 13.5. The zero-order valence-electron chi connectivity index (χ0n) is 16.5. The molecule has 8 heteroatoms. The van der Waals surface area contributed by atoms with Crippen LogP contribution in [-0.4, -0.2) is 48.5 Å². The van der Waals surface area contributed by atoms with Gasteiger partial charge in [-0.3, -0.25) is 14.9 Å². The van der Waals surface area contributed by atoms with E-state index in [0.717, 1.165) is 31.8 Å². The Morgan fingerprint density at radius 2 is 1.93 bits per heavy atom. The molecule has 1 heterocycles. The van der Waals surface area contributed by atoms with Crippen LogP contribution in [0, 0.1) is 16.0 Å². The fraction of sp³-hybridized carbons (Fsp3) is 0.650. The van der Waals surface area contributed by atoms with Gasteiger partial charge in [0, 0.05) is 37.8 Å². The number of benzene rings is 1. The minimum Gasteiger partial charge on any atom is -0.496 e. The molecule has 1 aliphatic carbocycles. The Kier molecular flexibility index (Phi) is 6.72. The van der Waals surface area contributed by atoms with Crippen LogP contribution in [0.5, 0.6) is 5.75 Å². The average molecular weight is 390 g/mol. The molecule has 1 saturated carbocycles. The molecule has 1 aromatic carbocycles. The van der Waals surface area contributed by atoms with Crippen molar-refractivity contribution in [2.75, 3.05) is 32.5 Å². The van der Waals surface area contributed by atoms with Gasteiger partial charge in [-0.05, 0) is 31.6 Å². The zero-order valence-corrected chi connectivity index (χ0v) is 16.5. The van der Waals surface area contributed by atoms with Gasteiger partial charge in [0.1, 0.15) is 11.4 Å². The van der Waals surface area contributed by atoms with Crippen LogP contribution in [0.4, 0.5) is 11.4 Å². The van der Waals surface area contributed by atoms with Crippen molar-refractivity contribution in [2.24, 2.45) is 5.92 Å². The van der Waals surface area contributed by atoms with Crippen LogP contribution in [0.3, 0.4) is 0 Å². The van der Waals surface area contributed by atoms with Crippen molar-refractivity contribution in [3.8, 4) is 5.75 Å². The molecule has 8 nitrogen and oxygen atoms in total. The highest BCUT2D eigenvalue weighted by molar-refractivity contribution is 5.98. The average Bonchev–Trinajstić information content (AvgIpc) is 2.69. The number of nitro benzene ring substituents is 1. The number of nitrogen functional groups attached to an aromatic ring is 1. The smallest absolute Gasteiger partial charge is 0.293 e. The van der Waals surface area contributed by atoms with E-state index in [2.05, 4.69) is 10.2 Å². The topological polar surface area (TPSA) is 111 Å². The molecule has 2 aliphatic rings. The first kappa shape index (κ1) is 20.4. The summed E-state index contributed by atoms with van der Waals surface area (Å²) >= 11 is 0. The number of carbonyl (C=O) groups is 1. The number of rotatable bonds is 6. The Morgan fingerprint density at radius 1 is 1.25 bits per heavy atom. The van der Waals surface area contributed by atoms with E-state index in [1.165, 1.54) is 57.9 Å². The number of piperidine rings is 1. The molecule has 0 aromatic heterocycles. The molecule has 2 fully saturated rings. The van der Waals surface area contributed by atoms with E-state index in [1.807, 2.05) is 0 Å². The molecule has 0 radical (unpaired) electrons. The first-order valence-corrected chi connectivity index (χ1v) is 10.1. The minimum atomic E-state index is -0.588. The van der Waals surface area contributed by atoms with Gasteiger partial charge in [-0.25, -0.2) is 0 Å². The third kappa shape index (κ3) is 4.92. The summed E-state index contributed by atoms with van der Waals surface area (Å²) in [5.41, 5.74) is 5.53. The Balaban J connectivity index is 1.57. The van der Waals surface area contributed by atoms with Crippen molar-refractivity contribution in [3.63, 3.8) is 0 Å². The number of likely N-dealkylation sites (tertiary alicyclic amines) is 1. The molecule has 0 unspecified atom stereocenters. The quantitative estimate of drug-likeness (QED) is 0.439. The van der Waals surface area contributed by atoms with E-state index >= 15 is 0 Å². The zero-order chi connectivity index (χ0) is 20.1. The number of anilines is 1. The van der Waals surface area contributed by atoms with E-state index in [9.17, 15) is 14.9 Å². The fourth-order valence-electron chi connectivity index (χ4n) is 4.35. The van der Waals surface area contributed by atoms with Gasteiger partial charge >= 0.3 is 0 Å². The second-order valence-corrected chi connectivity index (χ2v) is 7.92. The molecule has 1 aromatic rings. The van der Waals surface area contributed by atoms with Crippen LogP contribution in [0.2, 0.25) is 0 Å². The van der Waals surface area contributed by atoms with Gasteiger partial charge in [0.2, 0.25) is 0 Å². The summed E-state index contributed by atoms with van der Waals surface area (Å²) in [6.07, 6.45) is 8.53. The Bertz CT molecular complexity index is 710. The monoisotopic (exact) mass is 390 g/mol. The number of ether oxygens (including phenoxy) is 1. The summed E-state index contributed by atoms with van der Waals surface area (Å²) in [6.45, 7) is 3.11. The van der Waals surface area contributed by atoms with Crippen molar-refractivity contribution in [3.05, 3.63) is 27.8 Å². The van der Waals surface area contributed by atoms with E-state index in [0.29, 0.717) is 0 Å². The molecule has 0 atom stereocenters. The number of hydrogen-bond donors (Lipinski definition) is 2. The number of methoxy groups -OCH3 is 1. The molecule has 154 valence electrons. The van der Waals surface area contributed by atoms with Crippen LogP contribution in [0.1, 0.15) is 55.3 Å². The molecule has 1 aliphatic heterocycles. The molecule has 3 N–H and O–H groups in total. The van der Waals surface area contributed by atoms with Crippen LogP contribution in [-0.2, 0) is 0 Å². The third-order valence-electron chi connectivity index (χ3n) is 5.95. The van der Waals surface area contributed by atoms with Crippen LogP contribution in [0.15, 0.2) is 12.1 Å². The number of amides is 1. The number of hydrogen-bond acceptors (Lipinski definition) is 6. The van der Waals surface area contributed by atoms with Gasteiger partial charge < -0.3 is 20.7 Å². The normalized spacial score (nSPS) is 19.3. The van der Waals surface area contributed by atoms with E-state index in [1.54, 1.807) is 0 Å². The van der Waals surface area contributed by atoms with Crippen molar-refractivity contribution in [1.29, 1.82) is 0 Å². The third-order valence-corrected chi connectivity index (χ3v) is 5.95. The molecule has 0 spiro atoms. The molecule has 1 saturated heterocycles. The largest absolute Gasteiger partial charge is 0.496 e. The highest BCUT2D eigenvalue weighted by Gasteiger charge is 2.26. The Morgan fingerprint density at radius 3 is 2.54 bits per heavy atom. The predicted molar refractivity (Wildman–Crippen MR) is 108 cm³/mol. The number of nitrogens with one attached hydrogen (secondary N) is 1. The van der Waals surface area contributed by atoms with Crippen LogP contribution < -0.4 is 15.8 Å². The van der Waals surface area contributed by atoms with Crippen molar-refractivity contribution < 1.29 is 14.5 Å². The van der Waals surface area contributed by atoms with Crippen molar-refractivity contribution >= 4 is 17.3 Å². The molecular formula is C20H30N4O4. The molecule has 3 rings (SSSR count). The lowest BCUT2D eigenvalue weighted by Gasteiger charge is -2.35. The summed E-state index contributed by atoms with van der Waals surface area (Å²) < 4.78 is 5.20. The summed E-state index contributed by atoms with van der Waals surface area (Å²) in [6, 6.07) is 2.60. The van der Waals surface area contributed by atoms with Gasteiger partial charge in [0.15, 0.2) is 0 Å². The van der Waals surface area contributed by atoms with Gasteiger partial charge in [0.25, 0.3) is 11.6 Å². The van der Waals surface area contributed by atoms with Gasteiger partial charge in [-0.2, -0.15) is 0 Å². The summed E-state index contributed by atoms with van der Waals surface area (Å²) in [7, 11) is 1.42. The maximum atomic E-state index is 12.7. The standard InChI is InChI=1S/C20H30N4O4/c1-28-19-12-17(21)18(24(26)27)11-16(19)20(25)22-15-7-9-23(10-8-15)13-14-5-3-2-4-6-14/h11-12,14-15H,2-10,13,21H2,1H3,(H,22,25). The van der Waals surface area contributed by atoms with E-state index < -0.39 is 4.92 Å². The highest BCUT2D eigenvalue weighted by Crippen LogP contribution is 2.31.